The van der Waals surface area contributed by atoms with E-state index < -0.39 is 10.4 Å². The van der Waals surface area contributed by atoms with Crippen LogP contribution in [0.25, 0.3) is 0 Å². The molecule has 0 aromatic heterocycles. The highest BCUT2D eigenvalue weighted by Gasteiger charge is 2.02. The quantitative estimate of drug-likeness (QED) is 0.301. The first-order chi connectivity index (χ1) is 13.0. The van der Waals surface area contributed by atoms with Gasteiger partial charge in [0.15, 0.2) is 0 Å². The molecule has 9 nitrogen and oxygen atoms in total. The molecule has 0 saturated heterocycles. The maximum Gasteiger partial charge on any atom is 0.397 e. The first-order valence-corrected chi connectivity index (χ1v) is 9.96. The van der Waals surface area contributed by atoms with E-state index in [1.165, 1.54) is 5.56 Å². The van der Waals surface area contributed by atoms with Crippen molar-refractivity contribution in [3.63, 3.8) is 0 Å². The van der Waals surface area contributed by atoms with Gasteiger partial charge in [-0.3, -0.25) is 4.55 Å². The largest absolute Gasteiger partial charge is 0.491 e. The molecular formula is C17H28O9S. The van der Waals surface area contributed by atoms with Crippen LogP contribution in [0, 0.1) is 6.92 Å². The van der Waals surface area contributed by atoms with Crippen LogP contribution in [0.3, 0.4) is 0 Å². The molecule has 0 aliphatic rings. The van der Waals surface area contributed by atoms with Crippen molar-refractivity contribution in [2.24, 2.45) is 0 Å². The summed E-state index contributed by atoms with van der Waals surface area (Å²) in [5, 5.41) is 0. The summed E-state index contributed by atoms with van der Waals surface area (Å²) in [5.74, 6) is 0.826. The molecule has 1 aromatic rings. The second kappa shape index (κ2) is 14.7. The Morgan fingerprint density at radius 2 is 1.11 bits per heavy atom. The van der Waals surface area contributed by atoms with Crippen LogP contribution in [0.5, 0.6) is 5.75 Å². The van der Waals surface area contributed by atoms with Gasteiger partial charge in [-0.2, -0.15) is 8.42 Å². The Morgan fingerprint density at radius 3 is 1.56 bits per heavy atom. The lowest BCUT2D eigenvalue weighted by atomic mass is 10.2. The zero-order chi connectivity index (χ0) is 19.8. The van der Waals surface area contributed by atoms with E-state index in [4.69, 9.17) is 28.2 Å². The molecule has 0 aliphatic heterocycles. The SMILES string of the molecule is Cc1ccc(OCCOCCOCCOCCOCCOS(=O)(=O)O)cc1. The minimum Gasteiger partial charge on any atom is -0.491 e. The summed E-state index contributed by atoms with van der Waals surface area (Å²) in [4.78, 5) is 0. The van der Waals surface area contributed by atoms with Gasteiger partial charge in [-0.1, -0.05) is 17.7 Å². The van der Waals surface area contributed by atoms with Crippen LogP contribution in [-0.2, 0) is 33.5 Å². The van der Waals surface area contributed by atoms with Crippen molar-refractivity contribution < 1.29 is 40.8 Å². The standard InChI is InChI=1S/C17H28O9S/c1-16-2-4-17(5-3-16)25-14-12-23-10-8-21-6-7-22-9-11-24-13-15-26-27(18,19)20/h2-5H,6-15H2,1H3,(H,18,19,20). The van der Waals surface area contributed by atoms with E-state index >= 15 is 0 Å². The topological polar surface area (TPSA) is 110 Å². The lowest BCUT2D eigenvalue weighted by molar-refractivity contribution is -0.00709. The Labute approximate surface area is 160 Å². The average molecular weight is 408 g/mol. The fourth-order valence-corrected chi connectivity index (χ4v) is 2.09. The third-order valence-corrected chi connectivity index (χ3v) is 3.56. The predicted molar refractivity (Wildman–Crippen MR) is 97.5 cm³/mol. The number of rotatable bonds is 17. The van der Waals surface area contributed by atoms with E-state index in [0.717, 1.165) is 5.75 Å². The molecule has 1 N–H and O–H groups in total. The van der Waals surface area contributed by atoms with Gasteiger partial charge < -0.3 is 23.7 Å². The van der Waals surface area contributed by atoms with Crippen LogP contribution in [-0.4, -0.2) is 79.0 Å². The highest BCUT2D eigenvalue weighted by Crippen LogP contribution is 2.10. The number of ether oxygens (including phenoxy) is 5. The van der Waals surface area contributed by atoms with E-state index in [2.05, 4.69) is 4.18 Å². The van der Waals surface area contributed by atoms with Crippen LogP contribution in [0.4, 0.5) is 0 Å². The third-order valence-electron chi connectivity index (χ3n) is 3.09. The van der Waals surface area contributed by atoms with Crippen molar-refractivity contribution in [2.75, 3.05) is 66.1 Å². The lowest BCUT2D eigenvalue weighted by Crippen LogP contribution is -2.15. The highest BCUT2D eigenvalue weighted by atomic mass is 32.3. The fraction of sp³-hybridized carbons (Fsp3) is 0.647. The molecule has 0 atom stereocenters. The van der Waals surface area contributed by atoms with Gasteiger partial charge in [-0.05, 0) is 19.1 Å². The van der Waals surface area contributed by atoms with Gasteiger partial charge in [0.25, 0.3) is 0 Å². The van der Waals surface area contributed by atoms with E-state index in [1.54, 1.807) is 0 Å². The van der Waals surface area contributed by atoms with Crippen LogP contribution < -0.4 is 4.74 Å². The van der Waals surface area contributed by atoms with Crippen LogP contribution in [0.2, 0.25) is 0 Å². The van der Waals surface area contributed by atoms with Crippen molar-refractivity contribution in [3.8, 4) is 5.75 Å². The number of benzene rings is 1. The Kier molecular flexibility index (Phi) is 13.0. The van der Waals surface area contributed by atoms with E-state index in [9.17, 15) is 8.42 Å². The first kappa shape index (κ1) is 23.8. The number of aryl methyl sites for hydroxylation is 1. The normalized spacial score (nSPS) is 11.6. The second-order valence-electron chi connectivity index (χ2n) is 5.36. The molecule has 0 heterocycles. The smallest absolute Gasteiger partial charge is 0.397 e. The minimum atomic E-state index is -4.40. The predicted octanol–water partition coefficient (Wildman–Crippen LogP) is 1.26. The van der Waals surface area contributed by atoms with Crippen LogP contribution in [0.15, 0.2) is 24.3 Å². The minimum absolute atomic E-state index is 0.0462. The molecule has 0 spiro atoms. The summed E-state index contributed by atoms with van der Waals surface area (Å²) < 4.78 is 59.5. The molecule has 0 unspecified atom stereocenters. The second-order valence-corrected chi connectivity index (χ2v) is 6.45. The van der Waals surface area contributed by atoms with E-state index in [-0.39, 0.29) is 13.2 Å². The molecule has 1 rings (SSSR count). The molecule has 0 amide bonds. The Hall–Kier alpha value is -1.27. The maximum atomic E-state index is 10.3. The summed E-state index contributed by atoms with van der Waals surface area (Å²) in [6.45, 7) is 5.26. The van der Waals surface area contributed by atoms with Gasteiger partial charge in [0.1, 0.15) is 12.4 Å². The van der Waals surface area contributed by atoms with Gasteiger partial charge in [0.2, 0.25) is 0 Å². The highest BCUT2D eigenvalue weighted by molar-refractivity contribution is 7.80. The summed E-state index contributed by atoms with van der Waals surface area (Å²) in [7, 11) is -4.40. The zero-order valence-corrected chi connectivity index (χ0v) is 16.3. The van der Waals surface area contributed by atoms with Crippen LogP contribution >= 0.6 is 0 Å². The summed E-state index contributed by atoms with van der Waals surface area (Å²) in [6, 6.07) is 7.85. The molecule has 0 saturated carbocycles. The zero-order valence-electron chi connectivity index (χ0n) is 15.5. The van der Waals surface area contributed by atoms with Crippen molar-refractivity contribution in [1.29, 1.82) is 0 Å². The van der Waals surface area contributed by atoms with Gasteiger partial charge >= 0.3 is 10.4 Å². The molecule has 0 radical (unpaired) electrons. The fourth-order valence-electron chi connectivity index (χ4n) is 1.81. The summed E-state index contributed by atoms with van der Waals surface area (Å²) in [6.07, 6.45) is 0. The summed E-state index contributed by atoms with van der Waals surface area (Å²) in [5.41, 5.74) is 1.19. The van der Waals surface area contributed by atoms with E-state index in [0.29, 0.717) is 52.9 Å². The Balaban J connectivity index is 1.76. The van der Waals surface area contributed by atoms with Crippen molar-refractivity contribution in [3.05, 3.63) is 29.8 Å². The Bertz CT molecular complexity index is 575. The lowest BCUT2D eigenvalue weighted by Gasteiger charge is -2.08. The average Bonchev–Trinajstić information content (AvgIpc) is 2.62. The summed E-state index contributed by atoms with van der Waals surface area (Å²) >= 11 is 0. The Morgan fingerprint density at radius 1 is 0.704 bits per heavy atom. The van der Waals surface area contributed by atoms with Crippen molar-refractivity contribution in [1.82, 2.24) is 0 Å². The van der Waals surface area contributed by atoms with Gasteiger partial charge in [0.05, 0.1) is 59.5 Å². The van der Waals surface area contributed by atoms with E-state index in [1.807, 2.05) is 31.2 Å². The molecule has 0 aliphatic carbocycles. The van der Waals surface area contributed by atoms with Gasteiger partial charge in [-0.15, -0.1) is 0 Å². The maximum absolute atomic E-state index is 10.3. The molecule has 27 heavy (non-hydrogen) atoms. The number of hydrogen-bond acceptors (Lipinski definition) is 8. The molecule has 1 aromatic carbocycles. The number of hydrogen-bond donors (Lipinski definition) is 1. The third kappa shape index (κ3) is 15.5. The molecule has 156 valence electrons. The first-order valence-electron chi connectivity index (χ1n) is 8.59. The monoisotopic (exact) mass is 408 g/mol. The van der Waals surface area contributed by atoms with Crippen LogP contribution in [0.1, 0.15) is 5.56 Å². The molecule has 0 bridgehead atoms. The van der Waals surface area contributed by atoms with Gasteiger partial charge in [-0.25, -0.2) is 4.18 Å². The van der Waals surface area contributed by atoms with Crippen molar-refractivity contribution in [2.45, 2.75) is 6.92 Å². The molecular weight excluding hydrogens is 380 g/mol. The molecule has 10 heteroatoms. The van der Waals surface area contributed by atoms with Crippen molar-refractivity contribution >= 4 is 10.4 Å². The molecule has 0 fully saturated rings. The van der Waals surface area contributed by atoms with Gasteiger partial charge in [0, 0.05) is 0 Å².